The van der Waals surface area contributed by atoms with Gasteiger partial charge in [-0.25, -0.2) is 0 Å². The van der Waals surface area contributed by atoms with Crippen molar-refractivity contribution in [1.82, 2.24) is 0 Å². The molecule has 1 aromatic rings. The van der Waals surface area contributed by atoms with Gasteiger partial charge >= 0.3 is 7.12 Å². The number of hydrogen-bond acceptors (Lipinski definition) is 3. The first kappa shape index (κ1) is 16.7. The molecular formula is C16H27BO3Si. The molecule has 2 rings (SSSR count). The Morgan fingerprint density at radius 1 is 1.10 bits per heavy atom. The molecule has 1 aliphatic heterocycles. The molecular weight excluding hydrogens is 279 g/mol. The normalized spacial score (nSPS) is 21.7. The van der Waals surface area contributed by atoms with Crippen molar-refractivity contribution >= 4 is 23.1 Å². The van der Waals surface area contributed by atoms with Crippen LogP contribution in [0.15, 0.2) is 24.3 Å². The summed E-state index contributed by atoms with van der Waals surface area (Å²) in [5.41, 5.74) is 1.81. The van der Waals surface area contributed by atoms with Crippen LogP contribution in [0.3, 0.4) is 0 Å². The predicted molar refractivity (Wildman–Crippen MR) is 91.0 cm³/mol. The summed E-state index contributed by atoms with van der Waals surface area (Å²) in [6, 6.07) is 8.53. The first-order valence-electron chi connectivity index (χ1n) is 7.76. The van der Waals surface area contributed by atoms with E-state index in [1.165, 1.54) is 5.56 Å². The third-order valence-corrected chi connectivity index (χ3v) is 5.42. The van der Waals surface area contributed by atoms with Crippen molar-refractivity contribution in [2.75, 3.05) is 0 Å². The minimum atomic E-state index is -0.287. The van der Waals surface area contributed by atoms with Gasteiger partial charge < -0.3 is 13.7 Å². The van der Waals surface area contributed by atoms with E-state index in [4.69, 9.17) is 13.7 Å². The topological polar surface area (TPSA) is 27.7 Å². The van der Waals surface area contributed by atoms with Crippen LogP contribution in [0.5, 0.6) is 0 Å². The largest absolute Gasteiger partial charge is 0.494 e. The summed E-state index contributed by atoms with van der Waals surface area (Å²) in [6.07, 6.45) is 2.38. The molecule has 1 unspecified atom stereocenters. The third kappa shape index (κ3) is 3.59. The van der Waals surface area contributed by atoms with Gasteiger partial charge in [0.15, 0.2) is 0 Å². The Balaban J connectivity index is 2.07. The molecule has 0 bridgehead atoms. The molecule has 0 saturated carbocycles. The van der Waals surface area contributed by atoms with Crippen LogP contribution >= 0.6 is 0 Å². The molecule has 21 heavy (non-hydrogen) atoms. The van der Waals surface area contributed by atoms with E-state index in [9.17, 15) is 0 Å². The van der Waals surface area contributed by atoms with Crippen LogP contribution in [-0.4, -0.2) is 34.9 Å². The highest BCUT2D eigenvalue weighted by Gasteiger charge is 2.51. The molecule has 0 amide bonds. The van der Waals surface area contributed by atoms with Gasteiger partial charge in [0.25, 0.3) is 0 Å². The number of benzene rings is 1. The van der Waals surface area contributed by atoms with Gasteiger partial charge in [0.2, 0.25) is 0 Å². The standard InChI is InChI=1S/C16H27BO3Si/c1-6-14(18-21)11-12-7-9-13(10-8-12)17-19-15(2,3)16(4,5)20-17/h7-10,14H,6,11H2,1-5,21H3. The third-order valence-electron chi connectivity index (χ3n) is 4.76. The average molecular weight is 306 g/mol. The van der Waals surface area contributed by atoms with Gasteiger partial charge in [0.05, 0.1) is 11.2 Å². The summed E-state index contributed by atoms with van der Waals surface area (Å²) in [5.74, 6) is 0. The van der Waals surface area contributed by atoms with E-state index in [0.717, 1.165) is 28.8 Å². The highest BCUT2D eigenvalue weighted by Crippen LogP contribution is 2.36. The Kier molecular flexibility index (Phi) is 4.98. The molecule has 1 fully saturated rings. The maximum absolute atomic E-state index is 6.07. The van der Waals surface area contributed by atoms with Crippen LogP contribution in [0.1, 0.15) is 46.6 Å². The fourth-order valence-corrected chi connectivity index (χ4v) is 2.95. The van der Waals surface area contributed by atoms with Gasteiger partial charge in [-0.05, 0) is 51.6 Å². The van der Waals surface area contributed by atoms with Gasteiger partial charge in [0, 0.05) is 6.10 Å². The van der Waals surface area contributed by atoms with Gasteiger partial charge in [0.1, 0.15) is 10.5 Å². The van der Waals surface area contributed by atoms with Crippen molar-refractivity contribution in [3.8, 4) is 0 Å². The SMILES string of the molecule is CCC(Cc1ccc(B2OC(C)(C)C(C)(C)O2)cc1)O[SiH3]. The van der Waals surface area contributed by atoms with E-state index in [1.54, 1.807) is 0 Å². The van der Waals surface area contributed by atoms with E-state index in [-0.39, 0.29) is 18.3 Å². The van der Waals surface area contributed by atoms with E-state index < -0.39 is 0 Å². The van der Waals surface area contributed by atoms with Crippen molar-refractivity contribution in [3.05, 3.63) is 29.8 Å². The molecule has 1 heterocycles. The van der Waals surface area contributed by atoms with E-state index in [2.05, 4.69) is 58.9 Å². The van der Waals surface area contributed by atoms with Crippen molar-refractivity contribution in [3.63, 3.8) is 0 Å². The molecule has 0 aliphatic carbocycles. The van der Waals surface area contributed by atoms with Crippen LogP contribution in [0.4, 0.5) is 0 Å². The van der Waals surface area contributed by atoms with Crippen molar-refractivity contribution < 1.29 is 13.7 Å². The lowest BCUT2D eigenvalue weighted by atomic mass is 9.78. The first-order chi connectivity index (χ1) is 9.79. The predicted octanol–water partition coefficient (Wildman–Crippen LogP) is 1.60. The molecule has 1 aliphatic rings. The van der Waals surface area contributed by atoms with Crippen LogP contribution < -0.4 is 5.46 Å². The quantitative estimate of drug-likeness (QED) is 0.774. The lowest BCUT2D eigenvalue weighted by Crippen LogP contribution is -2.41. The van der Waals surface area contributed by atoms with Gasteiger partial charge in [-0.3, -0.25) is 0 Å². The average Bonchev–Trinajstić information content (AvgIpc) is 2.65. The minimum absolute atomic E-state index is 0.277. The zero-order chi connectivity index (χ0) is 15.7. The van der Waals surface area contributed by atoms with Crippen LogP contribution in [0.2, 0.25) is 0 Å². The fraction of sp³-hybridized carbons (Fsp3) is 0.625. The monoisotopic (exact) mass is 306 g/mol. The molecule has 3 nitrogen and oxygen atoms in total. The number of rotatable bonds is 5. The highest BCUT2D eigenvalue weighted by atomic mass is 28.2. The second-order valence-electron chi connectivity index (χ2n) is 6.80. The summed E-state index contributed by atoms with van der Waals surface area (Å²) in [5, 5.41) is 0. The molecule has 116 valence electrons. The van der Waals surface area contributed by atoms with Crippen molar-refractivity contribution in [2.24, 2.45) is 0 Å². The molecule has 0 radical (unpaired) electrons. The van der Waals surface area contributed by atoms with E-state index >= 15 is 0 Å². The summed E-state index contributed by atoms with van der Waals surface area (Å²) in [6.45, 7) is 10.5. The Hall–Kier alpha value is -0.618. The van der Waals surface area contributed by atoms with E-state index in [1.807, 2.05) is 0 Å². The smallest absolute Gasteiger partial charge is 0.425 e. The molecule has 0 N–H and O–H groups in total. The number of hydrogen-bond donors (Lipinski definition) is 0. The highest BCUT2D eigenvalue weighted by molar-refractivity contribution is 6.62. The fourth-order valence-electron chi connectivity index (χ4n) is 2.45. The minimum Gasteiger partial charge on any atom is -0.425 e. The van der Waals surface area contributed by atoms with Gasteiger partial charge in [-0.15, -0.1) is 0 Å². The Bertz CT molecular complexity index is 453. The zero-order valence-corrected chi connectivity index (χ0v) is 16.1. The second kappa shape index (κ2) is 6.25. The van der Waals surface area contributed by atoms with Crippen LogP contribution in [0.25, 0.3) is 0 Å². The summed E-state index contributed by atoms with van der Waals surface area (Å²) in [7, 11) is 0.519. The van der Waals surface area contributed by atoms with Crippen LogP contribution in [-0.2, 0) is 20.2 Å². The first-order valence-corrected chi connectivity index (χ1v) is 8.58. The molecule has 5 heteroatoms. The molecule has 1 saturated heterocycles. The molecule has 1 atom stereocenters. The lowest BCUT2D eigenvalue weighted by Gasteiger charge is -2.32. The lowest BCUT2D eigenvalue weighted by molar-refractivity contribution is 0.00578. The molecule has 0 aromatic heterocycles. The van der Waals surface area contributed by atoms with Gasteiger partial charge in [-0.1, -0.05) is 31.2 Å². The zero-order valence-electron chi connectivity index (χ0n) is 14.1. The molecule has 1 aromatic carbocycles. The van der Waals surface area contributed by atoms with E-state index in [0.29, 0.717) is 6.10 Å². The van der Waals surface area contributed by atoms with Crippen molar-refractivity contribution in [2.45, 2.75) is 64.8 Å². The second-order valence-corrected chi connectivity index (χ2v) is 7.27. The van der Waals surface area contributed by atoms with Crippen molar-refractivity contribution in [1.29, 1.82) is 0 Å². The Morgan fingerprint density at radius 3 is 2.05 bits per heavy atom. The van der Waals surface area contributed by atoms with Gasteiger partial charge in [-0.2, -0.15) is 0 Å². The summed E-state index contributed by atoms with van der Waals surface area (Å²) in [4.78, 5) is 0. The summed E-state index contributed by atoms with van der Waals surface area (Å²) >= 11 is 0. The molecule has 0 spiro atoms. The van der Waals surface area contributed by atoms with Crippen LogP contribution in [0, 0.1) is 0 Å². The maximum Gasteiger partial charge on any atom is 0.494 e. The maximum atomic E-state index is 6.07. The summed E-state index contributed by atoms with van der Waals surface area (Å²) < 4.78 is 17.7. The Morgan fingerprint density at radius 2 is 1.62 bits per heavy atom. The Labute approximate surface area is 132 Å².